The van der Waals surface area contributed by atoms with E-state index < -0.39 is 0 Å². The average molecular weight is 401 g/mol. The van der Waals surface area contributed by atoms with Crippen molar-refractivity contribution in [3.63, 3.8) is 0 Å². The molecule has 0 aliphatic heterocycles. The summed E-state index contributed by atoms with van der Waals surface area (Å²) in [6.07, 6.45) is 0. The third kappa shape index (κ3) is 6.62. The lowest BCUT2D eigenvalue weighted by molar-refractivity contribution is 0.0977. The molecule has 0 saturated carbocycles. The number of thiocarbonyl (C=S) groups is 1. The van der Waals surface area contributed by atoms with E-state index >= 15 is 0 Å². The average Bonchev–Trinajstić information content (AvgIpc) is 2.65. The van der Waals surface area contributed by atoms with Gasteiger partial charge in [0.2, 0.25) is 0 Å². The molecule has 2 aromatic carbocycles. The summed E-state index contributed by atoms with van der Waals surface area (Å²) < 4.78 is 11.0. The molecule has 1 amide bonds. The molecule has 2 N–H and O–H groups in total. The van der Waals surface area contributed by atoms with Crippen molar-refractivity contribution in [2.24, 2.45) is 0 Å². The van der Waals surface area contributed by atoms with Crippen molar-refractivity contribution in [1.29, 1.82) is 0 Å². The maximum Gasteiger partial charge on any atom is 0.257 e. The van der Waals surface area contributed by atoms with Gasteiger partial charge in [0.1, 0.15) is 12.4 Å². The molecule has 150 valence electrons. The minimum absolute atomic E-state index is 0.0394. The predicted octanol–water partition coefficient (Wildman–Crippen LogP) is 4.53. The second-order valence-corrected chi connectivity index (χ2v) is 7.69. The van der Waals surface area contributed by atoms with Crippen LogP contribution in [0.3, 0.4) is 0 Å². The van der Waals surface area contributed by atoms with Gasteiger partial charge in [-0.2, -0.15) is 0 Å². The molecule has 28 heavy (non-hydrogen) atoms. The third-order valence-electron chi connectivity index (χ3n) is 4.06. The first kappa shape index (κ1) is 21.9. The molecule has 0 saturated heterocycles. The highest BCUT2D eigenvalue weighted by Crippen LogP contribution is 2.24. The minimum Gasteiger partial charge on any atom is -0.489 e. The highest BCUT2D eigenvalue weighted by Gasteiger charge is 2.15. The standard InChI is InChI=1S/C22H28N2O3S/c1-5-26-14-15-27-19-9-7-6-8-18(19)23-21(28)24-20(25)16-10-12-17(13-11-16)22(2,3)4/h6-13H,5,14-15H2,1-4H3,(H2,23,24,25,28). The Morgan fingerprint density at radius 3 is 2.36 bits per heavy atom. The lowest BCUT2D eigenvalue weighted by atomic mass is 9.87. The van der Waals surface area contributed by atoms with Crippen LogP contribution >= 0.6 is 12.2 Å². The number of ether oxygens (including phenoxy) is 2. The van der Waals surface area contributed by atoms with Crippen LogP contribution in [0, 0.1) is 0 Å². The van der Waals surface area contributed by atoms with Crippen LogP contribution in [0.2, 0.25) is 0 Å². The van der Waals surface area contributed by atoms with Crippen molar-refractivity contribution >= 4 is 28.9 Å². The highest BCUT2D eigenvalue weighted by molar-refractivity contribution is 7.80. The first-order valence-corrected chi connectivity index (χ1v) is 9.74. The Morgan fingerprint density at radius 2 is 1.71 bits per heavy atom. The smallest absolute Gasteiger partial charge is 0.257 e. The lowest BCUT2D eigenvalue weighted by Gasteiger charge is -2.19. The lowest BCUT2D eigenvalue weighted by Crippen LogP contribution is -2.34. The van der Waals surface area contributed by atoms with Crippen molar-refractivity contribution in [1.82, 2.24) is 5.32 Å². The van der Waals surface area contributed by atoms with Crippen LogP contribution in [0.4, 0.5) is 5.69 Å². The van der Waals surface area contributed by atoms with Crippen LogP contribution in [-0.4, -0.2) is 30.8 Å². The van der Waals surface area contributed by atoms with Crippen molar-refractivity contribution < 1.29 is 14.3 Å². The molecule has 0 radical (unpaired) electrons. The molecule has 6 heteroatoms. The molecule has 0 aliphatic rings. The molecule has 0 fully saturated rings. The molecule has 5 nitrogen and oxygen atoms in total. The van der Waals surface area contributed by atoms with Gasteiger partial charge in [0, 0.05) is 12.2 Å². The summed E-state index contributed by atoms with van der Waals surface area (Å²) in [5, 5.41) is 5.94. The fourth-order valence-corrected chi connectivity index (χ4v) is 2.70. The van der Waals surface area contributed by atoms with Crippen molar-refractivity contribution in [3.05, 3.63) is 59.7 Å². The summed E-state index contributed by atoms with van der Waals surface area (Å²) in [6.45, 7) is 9.94. The molecular formula is C22H28N2O3S. The Kier molecular flexibility index (Phi) is 7.96. The van der Waals surface area contributed by atoms with Gasteiger partial charge in [-0.3, -0.25) is 10.1 Å². The van der Waals surface area contributed by atoms with Crippen molar-refractivity contribution in [2.75, 3.05) is 25.1 Å². The van der Waals surface area contributed by atoms with E-state index in [9.17, 15) is 4.79 Å². The van der Waals surface area contributed by atoms with Crippen LogP contribution in [0.15, 0.2) is 48.5 Å². The molecule has 0 unspecified atom stereocenters. The molecule has 0 atom stereocenters. The van der Waals surface area contributed by atoms with Gasteiger partial charge in [-0.05, 0) is 54.4 Å². The number of amides is 1. The van der Waals surface area contributed by atoms with E-state index in [0.29, 0.717) is 36.8 Å². The minimum atomic E-state index is -0.257. The van der Waals surface area contributed by atoms with Crippen LogP contribution in [0.1, 0.15) is 43.6 Å². The Labute approximate surface area is 172 Å². The summed E-state index contributed by atoms with van der Waals surface area (Å²) in [4.78, 5) is 12.4. The van der Waals surface area contributed by atoms with Crippen LogP contribution in [0.25, 0.3) is 0 Å². The maximum absolute atomic E-state index is 12.4. The SMILES string of the molecule is CCOCCOc1ccccc1NC(=S)NC(=O)c1ccc(C(C)(C)C)cc1. The van der Waals surface area contributed by atoms with Crippen LogP contribution < -0.4 is 15.4 Å². The van der Waals surface area contributed by atoms with Gasteiger partial charge in [-0.15, -0.1) is 0 Å². The number of hydrogen-bond donors (Lipinski definition) is 2. The van der Waals surface area contributed by atoms with Crippen molar-refractivity contribution in [3.8, 4) is 5.75 Å². The molecular weight excluding hydrogens is 372 g/mol. The zero-order valence-electron chi connectivity index (χ0n) is 16.9. The topological polar surface area (TPSA) is 59.6 Å². The van der Waals surface area contributed by atoms with E-state index in [1.165, 1.54) is 5.56 Å². The number of hydrogen-bond acceptors (Lipinski definition) is 4. The van der Waals surface area contributed by atoms with Gasteiger partial charge in [-0.1, -0.05) is 45.0 Å². The van der Waals surface area contributed by atoms with Gasteiger partial charge in [0.25, 0.3) is 5.91 Å². The number of para-hydroxylation sites is 2. The second-order valence-electron chi connectivity index (χ2n) is 7.28. The summed E-state index contributed by atoms with van der Waals surface area (Å²) >= 11 is 5.29. The summed E-state index contributed by atoms with van der Waals surface area (Å²) in [5.41, 5.74) is 2.45. The molecule has 2 rings (SSSR count). The summed E-state index contributed by atoms with van der Waals surface area (Å²) in [6, 6.07) is 15.0. The number of anilines is 1. The summed E-state index contributed by atoms with van der Waals surface area (Å²) in [7, 11) is 0. The zero-order valence-corrected chi connectivity index (χ0v) is 17.7. The van der Waals surface area contributed by atoms with E-state index in [0.717, 1.165) is 0 Å². The fraction of sp³-hybridized carbons (Fsp3) is 0.364. The van der Waals surface area contributed by atoms with Gasteiger partial charge < -0.3 is 14.8 Å². The number of carbonyl (C=O) groups is 1. The third-order valence-corrected chi connectivity index (χ3v) is 4.27. The van der Waals surface area contributed by atoms with E-state index in [1.807, 2.05) is 55.5 Å². The Bertz CT molecular complexity index is 798. The highest BCUT2D eigenvalue weighted by atomic mass is 32.1. The Balaban J connectivity index is 1.95. The van der Waals surface area contributed by atoms with Crippen LogP contribution in [0.5, 0.6) is 5.75 Å². The zero-order chi connectivity index (χ0) is 20.6. The number of nitrogens with one attached hydrogen (secondary N) is 2. The first-order valence-electron chi connectivity index (χ1n) is 9.33. The van der Waals surface area contributed by atoms with Gasteiger partial charge in [0.05, 0.1) is 12.3 Å². The van der Waals surface area contributed by atoms with Crippen LogP contribution in [-0.2, 0) is 10.2 Å². The largest absolute Gasteiger partial charge is 0.489 e. The molecule has 0 heterocycles. The number of rotatable bonds is 7. The first-order chi connectivity index (χ1) is 13.3. The van der Waals surface area contributed by atoms with Gasteiger partial charge in [0.15, 0.2) is 5.11 Å². The molecule has 0 aliphatic carbocycles. The van der Waals surface area contributed by atoms with E-state index in [-0.39, 0.29) is 16.4 Å². The van der Waals surface area contributed by atoms with E-state index in [4.69, 9.17) is 21.7 Å². The monoisotopic (exact) mass is 400 g/mol. The predicted molar refractivity (Wildman–Crippen MR) is 117 cm³/mol. The second kappa shape index (κ2) is 10.2. The Morgan fingerprint density at radius 1 is 1.04 bits per heavy atom. The molecule has 0 bridgehead atoms. The molecule has 0 aromatic heterocycles. The van der Waals surface area contributed by atoms with Crippen molar-refractivity contribution in [2.45, 2.75) is 33.1 Å². The number of benzene rings is 2. The normalized spacial score (nSPS) is 11.0. The van der Waals surface area contributed by atoms with E-state index in [1.54, 1.807) is 0 Å². The van der Waals surface area contributed by atoms with Gasteiger partial charge in [-0.25, -0.2) is 0 Å². The number of carbonyl (C=O) groups excluding carboxylic acids is 1. The van der Waals surface area contributed by atoms with Gasteiger partial charge >= 0.3 is 0 Å². The fourth-order valence-electron chi connectivity index (χ4n) is 2.50. The summed E-state index contributed by atoms with van der Waals surface area (Å²) in [5.74, 6) is 0.390. The molecule has 2 aromatic rings. The quantitative estimate of drug-likeness (QED) is 0.528. The maximum atomic E-state index is 12.4. The molecule has 0 spiro atoms. The van der Waals surface area contributed by atoms with E-state index in [2.05, 4.69) is 31.4 Å². The Hall–Kier alpha value is -2.44.